The normalized spacial score (nSPS) is 15.7. The molecule has 24 heavy (non-hydrogen) atoms. The Balaban J connectivity index is 1.76. The van der Waals surface area contributed by atoms with E-state index in [1.54, 1.807) is 11.7 Å². The van der Waals surface area contributed by atoms with Crippen molar-refractivity contribution in [2.75, 3.05) is 20.2 Å². The number of aromatic amines is 1. The van der Waals surface area contributed by atoms with E-state index in [2.05, 4.69) is 10.2 Å². The molecule has 128 valence electrons. The molecule has 0 atom stereocenters. The van der Waals surface area contributed by atoms with E-state index >= 15 is 0 Å². The van der Waals surface area contributed by atoms with Crippen molar-refractivity contribution in [1.82, 2.24) is 19.7 Å². The molecule has 1 aromatic carbocycles. The summed E-state index contributed by atoms with van der Waals surface area (Å²) in [4.78, 5) is 14.5. The molecule has 0 bridgehead atoms. The number of carbonyl (C=O) groups excluding carboxylic acids is 1. The third-order valence-corrected chi connectivity index (χ3v) is 4.80. The molecule has 1 amide bonds. The van der Waals surface area contributed by atoms with Gasteiger partial charge in [-0.1, -0.05) is 29.8 Å². The first-order valence-electron chi connectivity index (χ1n) is 8.11. The summed E-state index contributed by atoms with van der Waals surface area (Å²) in [5, 5.41) is 7.09. The molecule has 7 heteroatoms. The van der Waals surface area contributed by atoms with Crippen LogP contribution in [0.4, 0.5) is 0 Å². The number of hydrogen-bond donors (Lipinski definition) is 1. The van der Waals surface area contributed by atoms with Crippen LogP contribution in [-0.2, 0) is 16.1 Å². The van der Waals surface area contributed by atoms with Gasteiger partial charge in [-0.2, -0.15) is 5.10 Å². The lowest BCUT2D eigenvalue weighted by Crippen LogP contribution is -2.42. The summed E-state index contributed by atoms with van der Waals surface area (Å²) < 4.78 is 7.59. The van der Waals surface area contributed by atoms with Gasteiger partial charge in [-0.25, -0.2) is 0 Å². The fourth-order valence-electron chi connectivity index (χ4n) is 2.96. The van der Waals surface area contributed by atoms with Crippen molar-refractivity contribution >= 4 is 18.1 Å². The second kappa shape index (κ2) is 7.27. The molecule has 1 aromatic heterocycles. The molecule has 1 aliphatic heterocycles. The van der Waals surface area contributed by atoms with Gasteiger partial charge in [0.05, 0.1) is 6.10 Å². The number of nitrogens with zero attached hydrogens (tertiary/aromatic N) is 3. The number of likely N-dealkylation sites (tertiary alicyclic amines) is 1. The first kappa shape index (κ1) is 16.9. The number of benzene rings is 1. The third-order valence-electron chi connectivity index (χ3n) is 4.49. The number of aromatic nitrogens is 3. The molecule has 1 fully saturated rings. The summed E-state index contributed by atoms with van der Waals surface area (Å²) in [5.41, 5.74) is 2.12. The number of hydrogen-bond acceptors (Lipinski definition) is 4. The Hall–Kier alpha value is -1.99. The molecule has 2 aromatic rings. The van der Waals surface area contributed by atoms with E-state index in [0.29, 0.717) is 10.6 Å². The van der Waals surface area contributed by atoms with E-state index in [1.807, 2.05) is 36.1 Å². The Labute approximate surface area is 146 Å². The lowest BCUT2D eigenvalue weighted by molar-refractivity contribution is -0.134. The van der Waals surface area contributed by atoms with Crippen LogP contribution >= 0.6 is 12.2 Å². The molecule has 2 heterocycles. The van der Waals surface area contributed by atoms with Crippen LogP contribution in [0, 0.1) is 11.7 Å². The van der Waals surface area contributed by atoms with Crippen LogP contribution in [-0.4, -0.2) is 51.9 Å². The largest absolute Gasteiger partial charge is 0.381 e. The van der Waals surface area contributed by atoms with Gasteiger partial charge in [0, 0.05) is 25.8 Å². The van der Waals surface area contributed by atoms with Crippen molar-refractivity contribution in [2.45, 2.75) is 32.4 Å². The second-order valence-electron chi connectivity index (χ2n) is 6.12. The number of nitrogens with one attached hydrogen (secondary N) is 1. The topological polar surface area (TPSA) is 63.1 Å². The molecule has 0 spiro atoms. The van der Waals surface area contributed by atoms with Gasteiger partial charge in [0.15, 0.2) is 10.6 Å². The molecule has 0 unspecified atom stereocenters. The molecular weight excluding hydrogens is 324 g/mol. The minimum atomic E-state index is 0.0652. The fraction of sp³-hybridized carbons (Fsp3) is 0.471. The predicted octanol–water partition coefficient (Wildman–Crippen LogP) is 2.55. The van der Waals surface area contributed by atoms with Crippen molar-refractivity contribution in [3.05, 3.63) is 34.6 Å². The minimum Gasteiger partial charge on any atom is -0.381 e. The van der Waals surface area contributed by atoms with E-state index in [4.69, 9.17) is 17.0 Å². The maximum Gasteiger partial charge on any atom is 0.242 e. The number of amides is 1. The van der Waals surface area contributed by atoms with E-state index in [-0.39, 0.29) is 18.6 Å². The molecule has 0 aliphatic carbocycles. The van der Waals surface area contributed by atoms with Crippen LogP contribution in [0.3, 0.4) is 0 Å². The SMILES string of the molecule is COC1CCN(C(=O)Cn2c(-c3ccc(C)cc3)n[nH]c2=S)CC1. The number of ether oxygens (including phenoxy) is 1. The van der Waals surface area contributed by atoms with Crippen LogP contribution < -0.4 is 0 Å². The molecule has 1 N–H and O–H groups in total. The summed E-state index contributed by atoms with van der Waals surface area (Å²) in [7, 11) is 1.72. The van der Waals surface area contributed by atoms with Crippen LogP contribution in [0.25, 0.3) is 11.4 Å². The average Bonchev–Trinajstić information content (AvgIpc) is 2.96. The number of aryl methyl sites for hydroxylation is 1. The van der Waals surface area contributed by atoms with Gasteiger partial charge in [-0.3, -0.25) is 14.5 Å². The Morgan fingerprint density at radius 2 is 2.00 bits per heavy atom. The van der Waals surface area contributed by atoms with E-state index < -0.39 is 0 Å². The van der Waals surface area contributed by atoms with Gasteiger partial charge < -0.3 is 9.64 Å². The first-order valence-corrected chi connectivity index (χ1v) is 8.52. The highest BCUT2D eigenvalue weighted by Crippen LogP contribution is 2.19. The van der Waals surface area contributed by atoms with E-state index in [1.165, 1.54) is 5.56 Å². The fourth-order valence-corrected chi connectivity index (χ4v) is 3.16. The highest BCUT2D eigenvalue weighted by atomic mass is 32.1. The molecular formula is C17H22N4O2S. The number of piperidine rings is 1. The smallest absolute Gasteiger partial charge is 0.242 e. The summed E-state index contributed by atoms with van der Waals surface area (Å²) in [6.45, 7) is 3.69. The number of methoxy groups -OCH3 is 1. The van der Waals surface area contributed by atoms with Gasteiger partial charge in [0.25, 0.3) is 0 Å². The van der Waals surface area contributed by atoms with E-state index in [9.17, 15) is 4.79 Å². The third kappa shape index (κ3) is 3.57. The summed E-state index contributed by atoms with van der Waals surface area (Å²) in [6, 6.07) is 8.03. The molecule has 1 aliphatic rings. The van der Waals surface area contributed by atoms with Gasteiger partial charge in [-0.05, 0) is 32.0 Å². The second-order valence-corrected chi connectivity index (χ2v) is 6.51. The van der Waals surface area contributed by atoms with Crippen LogP contribution in [0.5, 0.6) is 0 Å². The van der Waals surface area contributed by atoms with E-state index in [0.717, 1.165) is 31.5 Å². The van der Waals surface area contributed by atoms with Crippen LogP contribution in [0.15, 0.2) is 24.3 Å². The van der Waals surface area contributed by atoms with Crippen LogP contribution in [0.1, 0.15) is 18.4 Å². The summed E-state index contributed by atoms with van der Waals surface area (Å²) >= 11 is 5.31. The van der Waals surface area contributed by atoms with Crippen molar-refractivity contribution < 1.29 is 9.53 Å². The van der Waals surface area contributed by atoms with Gasteiger partial charge in [-0.15, -0.1) is 0 Å². The lowest BCUT2D eigenvalue weighted by atomic mass is 10.1. The minimum absolute atomic E-state index is 0.0652. The maximum absolute atomic E-state index is 12.6. The van der Waals surface area contributed by atoms with Gasteiger partial charge in [0.2, 0.25) is 5.91 Å². The zero-order valence-corrected chi connectivity index (χ0v) is 14.8. The average molecular weight is 346 g/mol. The highest BCUT2D eigenvalue weighted by Gasteiger charge is 2.23. The number of H-pyrrole nitrogens is 1. The zero-order chi connectivity index (χ0) is 17.1. The zero-order valence-electron chi connectivity index (χ0n) is 14.0. The van der Waals surface area contributed by atoms with Crippen molar-refractivity contribution in [1.29, 1.82) is 0 Å². The molecule has 6 nitrogen and oxygen atoms in total. The van der Waals surface area contributed by atoms with Gasteiger partial charge >= 0.3 is 0 Å². The quantitative estimate of drug-likeness (QED) is 0.864. The number of rotatable bonds is 4. The van der Waals surface area contributed by atoms with Crippen LogP contribution in [0.2, 0.25) is 0 Å². The maximum atomic E-state index is 12.6. The first-order chi connectivity index (χ1) is 11.6. The Morgan fingerprint density at radius 1 is 1.33 bits per heavy atom. The number of carbonyl (C=O) groups is 1. The van der Waals surface area contributed by atoms with Crippen molar-refractivity contribution in [3.63, 3.8) is 0 Å². The highest BCUT2D eigenvalue weighted by molar-refractivity contribution is 7.71. The standard InChI is InChI=1S/C17H22N4O2S/c1-12-3-5-13(6-4-12)16-18-19-17(24)21(16)11-15(22)20-9-7-14(23-2)8-10-20/h3-6,14H,7-11H2,1-2H3,(H,19,24). The van der Waals surface area contributed by atoms with Crippen molar-refractivity contribution in [2.24, 2.45) is 0 Å². The summed E-state index contributed by atoms with van der Waals surface area (Å²) in [5.74, 6) is 0.760. The van der Waals surface area contributed by atoms with Crippen molar-refractivity contribution in [3.8, 4) is 11.4 Å². The summed E-state index contributed by atoms with van der Waals surface area (Å²) in [6.07, 6.45) is 2.02. The monoisotopic (exact) mass is 346 g/mol. The van der Waals surface area contributed by atoms with Gasteiger partial charge in [0.1, 0.15) is 6.54 Å². The Morgan fingerprint density at radius 3 is 2.62 bits per heavy atom. The lowest BCUT2D eigenvalue weighted by Gasteiger charge is -2.31. The Bertz CT molecular complexity index is 758. The molecule has 0 saturated carbocycles. The predicted molar refractivity (Wildman–Crippen MR) is 94.2 cm³/mol. The molecule has 3 rings (SSSR count). The molecule has 0 radical (unpaired) electrons. The Kier molecular flexibility index (Phi) is 5.11. The molecule has 1 saturated heterocycles.